The maximum atomic E-state index is 11.5. The van der Waals surface area contributed by atoms with Crippen LogP contribution in [0.2, 0.25) is 0 Å². The fourth-order valence-corrected chi connectivity index (χ4v) is 2.05. The Kier molecular flexibility index (Phi) is 7.47. The van der Waals surface area contributed by atoms with E-state index < -0.39 is 0 Å². The Hall–Kier alpha value is -1.11. The summed E-state index contributed by atoms with van der Waals surface area (Å²) >= 11 is 3.43. The molecule has 0 bridgehead atoms. The molecule has 1 amide bonds. The molecule has 0 saturated heterocycles. The third-order valence-corrected chi connectivity index (χ3v) is 3.02. The van der Waals surface area contributed by atoms with Gasteiger partial charge >= 0.3 is 0 Å². The first-order valence-electron chi connectivity index (χ1n) is 5.99. The van der Waals surface area contributed by atoms with Gasteiger partial charge in [0.1, 0.15) is 5.75 Å². The number of ether oxygens (including phenoxy) is 2. The molecular weight excluding hydrogens is 312 g/mol. The summed E-state index contributed by atoms with van der Waals surface area (Å²) in [5.74, 6) is 0.530. The first kappa shape index (κ1) is 15.9. The van der Waals surface area contributed by atoms with Crippen LogP contribution >= 0.6 is 15.9 Å². The van der Waals surface area contributed by atoms with E-state index in [-0.39, 0.29) is 12.5 Å². The number of benzene rings is 1. The van der Waals surface area contributed by atoms with Crippen molar-refractivity contribution in [1.29, 1.82) is 0 Å². The summed E-state index contributed by atoms with van der Waals surface area (Å²) in [7, 11) is 3.45. The number of para-hydroxylation sites is 1. The Balaban J connectivity index is 2.54. The molecule has 19 heavy (non-hydrogen) atoms. The molecule has 1 aromatic rings. The predicted molar refractivity (Wildman–Crippen MR) is 77.3 cm³/mol. The topological polar surface area (TPSA) is 59.6 Å². The molecule has 0 aromatic heterocycles. The summed E-state index contributed by atoms with van der Waals surface area (Å²) in [6.07, 6.45) is 0. The van der Waals surface area contributed by atoms with Crippen molar-refractivity contribution in [1.82, 2.24) is 10.6 Å². The number of rotatable bonds is 8. The molecule has 2 N–H and O–H groups in total. The smallest absolute Gasteiger partial charge is 0.258 e. The van der Waals surface area contributed by atoms with E-state index >= 15 is 0 Å². The molecule has 0 atom stereocenters. The number of halogens is 1. The molecule has 5 nitrogen and oxygen atoms in total. The molecule has 1 rings (SSSR count). The summed E-state index contributed by atoms with van der Waals surface area (Å²) in [6, 6.07) is 5.78. The van der Waals surface area contributed by atoms with Gasteiger partial charge in [-0.1, -0.05) is 12.1 Å². The highest BCUT2D eigenvalue weighted by Crippen LogP contribution is 2.28. The van der Waals surface area contributed by atoms with Crippen LogP contribution < -0.4 is 15.4 Å². The van der Waals surface area contributed by atoms with Crippen molar-refractivity contribution in [3.63, 3.8) is 0 Å². The van der Waals surface area contributed by atoms with Gasteiger partial charge in [-0.25, -0.2) is 0 Å². The molecule has 6 heteroatoms. The quantitative estimate of drug-likeness (QED) is 0.705. The molecule has 0 aliphatic rings. The number of hydrogen-bond acceptors (Lipinski definition) is 4. The second-order valence-corrected chi connectivity index (χ2v) is 4.74. The molecule has 0 fully saturated rings. The van der Waals surface area contributed by atoms with Crippen molar-refractivity contribution in [2.45, 2.75) is 6.54 Å². The van der Waals surface area contributed by atoms with Gasteiger partial charge in [-0.2, -0.15) is 0 Å². The van der Waals surface area contributed by atoms with Gasteiger partial charge in [0.2, 0.25) is 0 Å². The minimum Gasteiger partial charge on any atom is -0.482 e. The lowest BCUT2D eigenvalue weighted by molar-refractivity contribution is -0.123. The highest BCUT2D eigenvalue weighted by Gasteiger charge is 2.09. The van der Waals surface area contributed by atoms with Gasteiger partial charge in [-0.3, -0.25) is 4.79 Å². The number of carbonyl (C=O) groups excluding carboxylic acids is 1. The summed E-state index contributed by atoms with van der Waals surface area (Å²) < 4.78 is 11.3. The van der Waals surface area contributed by atoms with E-state index in [1.807, 2.05) is 25.2 Å². The van der Waals surface area contributed by atoms with E-state index in [9.17, 15) is 4.79 Å². The minimum absolute atomic E-state index is 0.0109. The average molecular weight is 331 g/mol. The molecule has 106 valence electrons. The molecule has 0 unspecified atom stereocenters. The zero-order valence-electron chi connectivity index (χ0n) is 11.2. The van der Waals surface area contributed by atoms with Gasteiger partial charge < -0.3 is 20.1 Å². The SMILES string of the molecule is CNCc1cccc(Br)c1OCC(=O)NCCOC. The molecular formula is C13H19BrN2O3. The number of carbonyl (C=O) groups is 1. The van der Waals surface area contributed by atoms with Crippen molar-refractivity contribution in [3.05, 3.63) is 28.2 Å². The number of amides is 1. The van der Waals surface area contributed by atoms with Crippen molar-refractivity contribution >= 4 is 21.8 Å². The summed E-state index contributed by atoms with van der Waals surface area (Å²) in [6.45, 7) is 1.65. The van der Waals surface area contributed by atoms with Gasteiger partial charge in [0, 0.05) is 25.8 Å². The molecule has 0 aliphatic heterocycles. The van der Waals surface area contributed by atoms with Crippen LogP contribution in [0.25, 0.3) is 0 Å². The number of nitrogens with one attached hydrogen (secondary N) is 2. The van der Waals surface area contributed by atoms with E-state index in [2.05, 4.69) is 26.6 Å². The van der Waals surface area contributed by atoms with Crippen molar-refractivity contribution < 1.29 is 14.3 Å². The zero-order valence-corrected chi connectivity index (χ0v) is 12.7. The van der Waals surface area contributed by atoms with Gasteiger partial charge in [0.25, 0.3) is 5.91 Å². The average Bonchev–Trinajstić information content (AvgIpc) is 2.39. The highest BCUT2D eigenvalue weighted by molar-refractivity contribution is 9.10. The van der Waals surface area contributed by atoms with Crippen LogP contribution in [0, 0.1) is 0 Å². The van der Waals surface area contributed by atoms with Crippen molar-refractivity contribution in [2.75, 3.05) is 33.9 Å². The highest BCUT2D eigenvalue weighted by atomic mass is 79.9. The first-order valence-corrected chi connectivity index (χ1v) is 6.78. The van der Waals surface area contributed by atoms with Crippen LogP contribution in [0.1, 0.15) is 5.56 Å². The van der Waals surface area contributed by atoms with Gasteiger partial charge in [-0.05, 0) is 29.0 Å². The fourth-order valence-electron chi connectivity index (χ4n) is 1.53. The second kappa shape index (κ2) is 8.90. The van der Waals surface area contributed by atoms with Crippen LogP contribution in [0.15, 0.2) is 22.7 Å². The van der Waals surface area contributed by atoms with Crippen LogP contribution in [-0.2, 0) is 16.1 Å². The lowest BCUT2D eigenvalue weighted by Crippen LogP contribution is -2.31. The monoisotopic (exact) mass is 330 g/mol. The molecule has 0 radical (unpaired) electrons. The Bertz CT molecular complexity index is 413. The summed E-state index contributed by atoms with van der Waals surface area (Å²) in [4.78, 5) is 11.5. The molecule has 0 saturated carbocycles. The number of hydrogen-bond donors (Lipinski definition) is 2. The lowest BCUT2D eigenvalue weighted by Gasteiger charge is -2.13. The third-order valence-electron chi connectivity index (χ3n) is 2.39. The standard InChI is InChI=1S/C13H19BrN2O3/c1-15-8-10-4-3-5-11(14)13(10)19-9-12(17)16-6-7-18-2/h3-5,15H,6-9H2,1-2H3,(H,16,17). The maximum absolute atomic E-state index is 11.5. The Labute approximate surface area is 121 Å². The first-order chi connectivity index (χ1) is 9.19. The lowest BCUT2D eigenvalue weighted by atomic mass is 10.2. The van der Waals surface area contributed by atoms with Crippen LogP contribution in [0.3, 0.4) is 0 Å². The van der Waals surface area contributed by atoms with Crippen LogP contribution in [-0.4, -0.2) is 39.8 Å². The Morgan fingerprint density at radius 2 is 2.21 bits per heavy atom. The normalized spacial score (nSPS) is 10.3. The third kappa shape index (κ3) is 5.59. The van der Waals surface area contributed by atoms with Gasteiger partial charge in [0.15, 0.2) is 6.61 Å². The van der Waals surface area contributed by atoms with Gasteiger partial charge in [-0.15, -0.1) is 0 Å². The molecule has 0 heterocycles. The van der Waals surface area contributed by atoms with E-state index in [0.717, 1.165) is 10.0 Å². The molecule has 1 aromatic carbocycles. The van der Waals surface area contributed by atoms with Gasteiger partial charge in [0.05, 0.1) is 11.1 Å². The largest absolute Gasteiger partial charge is 0.482 e. The van der Waals surface area contributed by atoms with E-state index in [0.29, 0.717) is 25.4 Å². The van der Waals surface area contributed by atoms with Crippen LogP contribution in [0.5, 0.6) is 5.75 Å². The van der Waals surface area contributed by atoms with E-state index in [1.54, 1.807) is 7.11 Å². The Morgan fingerprint density at radius 3 is 2.89 bits per heavy atom. The minimum atomic E-state index is -0.164. The Morgan fingerprint density at radius 1 is 1.42 bits per heavy atom. The summed E-state index contributed by atoms with van der Waals surface area (Å²) in [5.41, 5.74) is 1.00. The maximum Gasteiger partial charge on any atom is 0.258 e. The fraction of sp³-hybridized carbons (Fsp3) is 0.462. The zero-order chi connectivity index (χ0) is 14.1. The predicted octanol–water partition coefficient (Wildman–Crippen LogP) is 1.31. The molecule has 0 spiro atoms. The van der Waals surface area contributed by atoms with E-state index in [4.69, 9.17) is 9.47 Å². The van der Waals surface area contributed by atoms with Crippen LogP contribution in [0.4, 0.5) is 0 Å². The van der Waals surface area contributed by atoms with Crippen molar-refractivity contribution in [3.8, 4) is 5.75 Å². The van der Waals surface area contributed by atoms with E-state index in [1.165, 1.54) is 0 Å². The number of methoxy groups -OCH3 is 1. The van der Waals surface area contributed by atoms with Crippen molar-refractivity contribution in [2.24, 2.45) is 0 Å². The molecule has 0 aliphatic carbocycles. The second-order valence-electron chi connectivity index (χ2n) is 3.89. The summed E-state index contributed by atoms with van der Waals surface area (Å²) in [5, 5.41) is 5.77.